The molecule has 0 fully saturated rings. The number of anilines is 2. The summed E-state index contributed by atoms with van der Waals surface area (Å²) in [5, 5.41) is 15.9. The summed E-state index contributed by atoms with van der Waals surface area (Å²) >= 11 is 9.51. The molecule has 10 nitrogen and oxygen atoms in total. The van der Waals surface area contributed by atoms with Gasteiger partial charge in [-0.15, -0.1) is 0 Å². The van der Waals surface area contributed by atoms with E-state index in [1.54, 1.807) is 25.3 Å². The van der Waals surface area contributed by atoms with E-state index in [9.17, 15) is 14.9 Å². The van der Waals surface area contributed by atoms with Crippen LogP contribution in [0.1, 0.15) is 19.0 Å². The lowest BCUT2D eigenvalue weighted by atomic mass is 10.1. The highest BCUT2D eigenvalue weighted by atomic mass is 79.9. The predicted molar refractivity (Wildman–Crippen MR) is 151 cm³/mol. The van der Waals surface area contributed by atoms with Gasteiger partial charge < -0.3 is 19.9 Å². The van der Waals surface area contributed by atoms with Crippen LogP contribution in [0.3, 0.4) is 0 Å². The normalized spacial score (nSPS) is 13.9. The zero-order valence-corrected chi connectivity index (χ0v) is 23.5. The lowest BCUT2D eigenvalue weighted by Crippen LogP contribution is -2.41. The minimum atomic E-state index is -0.428. The van der Waals surface area contributed by atoms with E-state index in [4.69, 9.17) is 11.6 Å². The number of likely N-dealkylation sites (N-methyl/N-ethyl adjacent to an activating group) is 1. The summed E-state index contributed by atoms with van der Waals surface area (Å²) in [6.07, 6.45) is 7.03. The SMILES string of the molecule is CC1=NC([N+](=O)[O-])=C(C[N+](C)(C)C/C=C/C(=O)Cc2cc3c(Nc4ccc(Cl)c(Br)c4)ncnc3cn2)C1. The van der Waals surface area contributed by atoms with Crippen molar-refractivity contribution < 1.29 is 14.2 Å². The van der Waals surface area contributed by atoms with Crippen molar-refractivity contribution in [1.82, 2.24) is 15.0 Å². The van der Waals surface area contributed by atoms with Gasteiger partial charge in [0, 0.05) is 27.7 Å². The molecule has 38 heavy (non-hydrogen) atoms. The molecule has 0 saturated heterocycles. The lowest BCUT2D eigenvalue weighted by molar-refractivity contribution is -0.880. The number of pyridine rings is 1. The molecule has 3 heterocycles. The Morgan fingerprint density at radius 2 is 2.05 bits per heavy atom. The molecule has 4 rings (SSSR count). The first-order valence-electron chi connectivity index (χ1n) is 11.7. The highest BCUT2D eigenvalue weighted by Gasteiger charge is 2.31. The first-order valence-corrected chi connectivity index (χ1v) is 12.9. The maximum atomic E-state index is 12.7. The van der Waals surface area contributed by atoms with Gasteiger partial charge in [-0.1, -0.05) is 11.6 Å². The zero-order chi connectivity index (χ0) is 27.4. The lowest BCUT2D eigenvalue weighted by Gasteiger charge is -2.28. The van der Waals surface area contributed by atoms with Gasteiger partial charge in [0.25, 0.3) is 0 Å². The average molecular weight is 600 g/mol. The molecule has 196 valence electrons. The molecule has 3 aromatic rings. The molecule has 0 spiro atoms. The van der Waals surface area contributed by atoms with Crippen molar-refractivity contribution in [1.29, 1.82) is 0 Å². The van der Waals surface area contributed by atoms with Crippen molar-refractivity contribution in [2.24, 2.45) is 4.99 Å². The summed E-state index contributed by atoms with van der Waals surface area (Å²) in [5.41, 5.74) is 3.48. The third-order valence-corrected chi connectivity index (χ3v) is 7.11. The van der Waals surface area contributed by atoms with Crippen LogP contribution in [-0.4, -0.2) is 63.0 Å². The predicted octanol–water partition coefficient (Wildman–Crippen LogP) is 5.28. The molecule has 1 N–H and O–H groups in total. The fraction of sp³-hybridized carbons (Fsp3) is 0.269. The third-order valence-electron chi connectivity index (χ3n) is 5.89. The number of carbonyl (C=O) groups excluding carboxylic acids is 1. The summed E-state index contributed by atoms with van der Waals surface area (Å²) in [5.74, 6) is 0.428. The number of ketones is 1. The van der Waals surface area contributed by atoms with Crippen LogP contribution in [0.2, 0.25) is 5.02 Å². The fourth-order valence-corrected chi connectivity index (χ4v) is 4.68. The number of aliphatic imine (C=N–C) groups is 1. The van der Waals surface area contributed by atoms with Crippen LogP contribution in [0.25, 0.3) is 10.9 Å². The van der Waals surface area contributed by atoms with Crippen LogP contribution in [0.4, 0.5) is 11.5 Å². The standard InChI is InChI=1S/C26H26BrClN7O3/c1-16-9-17(26(32-16)34(37)38)14-35(2,3)8-4-5-20(36)10-19-11-21-24(13-29-19)30-15-31-25(21)33-18-6-7-23(28)22(27)12-18/h4-7,11-13,15H,8-10,14H2,1-3H3,(H,30,31,33)/q+1/b5-4+. The molecular weight excluding hydrogens is 574 g/mol. The molecule has 0 radical (unpaired) electrons. The second kappa shape index (κ2) is 11.5. The second-order valence-corrected chi connectivity index (χ2v) is 11.0. The number of nitrogens with zero attached hydrogens (tertiary/aromatic N) is 6. The molecule has 0 bridgehead atoms. The number of carbonyl (C=O) groups is 1. The number of nitrogens with one attached hydrogen (secondary N) is 1. The van der Waals surface area contributed by atoms with Crippen LogP contribution in [0, 0.1) is 10.1 Å². The van der Waals surface area contributed by atoms with E-state index >= 15 is 0 Å². The van der Waals surface area contributed by atoms with E-state index < -0.39 is 4.92 Å². The number of rotatable bonds is 10. The summed E-state index contributed by atoms with van der Waals surface area (Å²) in [4.78, 5) is 40.6. The second-order valence-electron chi connectivity index (χ2n) is 9.70. The van der Waals surface area contributed by atoms with Crippen molar-refractivity contribution >= 4 is 61.4 Å². The van der Waals surface area contributed by atoms with Crippen LogP contribution in [0.5, 0.6) is 0 Å². The Morgan fingerprint density at radius 3 is 2.79 bits per heavy atom. The van der Waals surface area contributed by atoms with E-state index in [0.29, 0.717) is 51.6 Å². The molecule has 1 aliphatic heterocycles. The molecular formula is C26H26BrClN7O3+. The number of quaternary nitrogens is 1. The number of hydrogen-bond donors (Lipinski definition) is 1. The number of nitro groups is 1. The van der Waals surface area contributed by atoms with Gasteiger partial charge >= 0.3 is 5.82 Å². The number of hydrogen-bond acceptors (Lipinski definition) is 8. The van der Waals surface area contributed by atoms with Gasteiger partial charge in [0.05, 0.1) is 49.4 Å². The van der Waals surface area contributed by atoms with Crippen molar-refractivity contribution in [2.75, 3.05) is 32.5 Å². The van der Waals surface area contributed by atoms with Crippen molar-refractivity contribution in [3.05, 3.63) is 85.6 Å². The first kappa shape index (κ1) is 27.5. The van der Waals surface area contributed by atoms with Gasteiger partial charge in [-0.3, -0.25) is 9.78 Å². The molecule has 0 atom stereocenters. The topological polar surface area (TPSA) is 123 Å². The first-order chi connectivity index (χ1) is 18.0. The van der Waals surface area contributed by atoms with Gasteiger partial charge in [-0.2, -0.15) is 0 Å². The molecule has 1 aromatic carbocycles. The Labute approximate surface area is 233 Å². The van der Waals surface area contributed by atoms with Crippen LogP contribution in [-0.2, 0) is 11.2 Å². The Kier molecular flexibility index (Phi) is 8.29. The Bertz CT molecular complexity index is 1520. The smallest absolute Gasteiger partial charge is 0.358 e. The largest absolute Gasteiger partial charge is 0.368 e. The van der Waals surface area contributed by atoms with Crippen molar-refractivity contribution in [3.63, 3.8) is 0 Å². The quantitative estimate of drug-likeness (QED) is 0.146. The van der Waals surface area contributed by atoms with E-state index in [1.165, 1.54) is 12.4 Å². The Morgan fingerprint density at radius 1 is 1.26 bits per heavy atom. The maximum Gasteiger partial charge on any atom is 0.368 e. The molecule has 2 aromatic heterocycles. The number of halogens is 2. The van der Waals surface area contributed by atoms with E-state index in [1.807, 2.05) is 32.3 Å². The van der Waals surface area contributed by atoms with Crippen molar-refractivity contribution in [3.8, 4) is 0 Å². The van der Waals surface area contributed by atoms with Gasteiger partial charge in [-0.05, 0) is 69.2 Å². The van der Waals surface area contributed by atoms with E-state index in [0.717, 1.165) is 21.3 Å². The number of allylic oxidation sites excluding steroid dienone is 1. The Balaban J connectivity index is 1.42. The minimum Gasteiger partial charge on any atom is -0.358 e. The number of benzene rings is 1. The number of fused-ring (bicyclic) bond motifs is 1. The highest BCUT2D eigenvalue weighted by molar-refractivity contribution is 9.10. The van der Waals surface area contributed by atoms with Gasteiger partial charge in [0.15, 0.2) is 5.78 Å². The monoisotopic (exact) mass is 598 g/mol. The summed E-state index contributed by atoms with van der Waals surface area (Å²) in [6, 6.07) is 7.27. The highest BCUT2D eigenvalue weighted by Crippen LogP contribution is 2.29. The summed E-state index contributed by atoms with van der Waals surface area (Å²) < 4.78 is 1.21. The molecule has 12 heteroatoms. The zero-order valence-electron chi connectivity index (χ0n) is 21.1. The summed E-state index contributed by atoms with van der Waals surface area (Å²) in [6.45, 7) is 2.79. The number of aromatic nitrogens is 3. The van der Waals surface area contributed by atoms with E-state index in [-0.39, 0.29) is 18.0 Å². The van der Waals surface area contributed by atoms with Crippen molar-refractivity contribution in [2.45, 2.75) is 19.8 Å². The third kappa shape index (κ3) is 6.85. The van der Waals surface area contributed by atoms with Crippen LogP contribution < -0.4 is 5.32 Å². The fourth-order valence-electron chi connectivity index (χ4n) is 4.18. The van der Waals surface area contributed by atoms with Crippen LogP contribution >= 0.6 is 27.5 Å². The maximum absolute atomic E-state index is 12.7. The summed E-state index contributed by atoms with van der Waals surface area (Å²) in [7, 11) is 3.93. The molecule has 0 saturated carbocycles. The molecule has 0 unspecified atom stereocenters. The van der Waals surface area contributed by atoms with E-state index in [2.05, 4.69) is 41.2 Å². The van der Waals surface area contributed by atoms with Gasteiger partial charge in [-0.25, -0.2) is 9.97 Å². The molecule has 1 aliphatic rings. The minimum absolute atomic E-state index is 0.0577. The Hall–Kier alpha value is -3.54. The molecule has 0 aliphatic carbocycles. The average Bonchev–Trinajstić information content (AvgIpc) is 3.21. The molecule has 0 amide bonds. The van der Waals surface area contributed by atoms with Gasteiger partial charge in [0.1, 0.15) is 24.4 Å². The van der Waals surface area contributed by atoms with Crippen LogP contribution in [0.15, 0.2) is 69.8 Å². The van der Waals surface area contributed by atoms with Gasteiger partial charge in [0.2, 0.25) is 0 Å².